The van der Waals surface area contributed by atoms with Gasteiger partial charge in [-0.3, -0.25) is 0 Å². The van der Waals surface area contributed by atoms with Crippen LogP contribution in [0.3, 0.4) is 0 Å². The molecule has 0 aliphatic carbocycles. The van der Waals surface area contributed by atoms with E-state index in [0.717, 1.165) is 23.0 Å². The summed E-state index contributed by atoms with van der Waals surface area (Å²) in [7, 11) is 1.95. The molecule has 21 heavy (non-hydrogen) atoms. The quantitative estimate of drug-likeness (QED) is 0.924. The number of para-hydroxylation sites is 2. The Kier molecular flexibility index (Phi) is 3.51. The van der Waals surface area contributed by atoms with Gasteiger partial charge < -0.3 is 20.1 Å². The number of likely N-dealkylation sites (N-methyl/N-ethyl adjacent to an activating group) is 1. The maximum Gasteiger partial charge on any atom is 0.222 e. The molecule has 1 aliphatic rings. The molecular formula is C15H18N4O2. The SMILES string of the molecule is Cc1cc(N(C)C[C@@H]2COc3ccccc3O2)nc(N)n1. The van der Waals surface area contributed by atoms with Gasteiger partial charge >= 0.3 is 0 Å². The summed E-state index contributed by atoms with van der Waals surface area (Å²) in [6, 6.07) is 9.58. The molecule has 0 radical (unpaired) electrons. The van der Waals surface area contributed by atoms with Gasteiger partial charge in [-0.05, 0) is 19.1 Å². The van der Waals surface area contributed by atoms with E-state index in [4.69, 9.17) is 15.2 Å². The number of aryl methyl sites for hydroxylation is 1. The van der Waals surface area contributed by atoms with Gasteiger partial charge in [0.15, 0.2) is 17.6 Å². The normalized spacial score (nSPS) is 16.6. The molecular weight excluding hydrogens is 268 g/mol. The summed E-state index contributed by atoms with van der Waals surface area (Å²) in [5, 5.41) is 0. The van der Waals surface area contributed by atoms with Crippen molar-refractivity contribution >= 4 is 11.8 Å². The highest BCUT2D eigenvalue weighted by Crippen LogP contribution is 2.31. The molecule has 1 atom stereocenters. The van der Waals surface area contributed by atoms with Gasteiger partial charge in [0, 0.05) is 18.8 Å². The van der Waals surface area contributed by atoms with E-state index >= 15 is 0 Å². The Labute approximate surface area is 123 Å². The van der Waals surface area contributed by atoms with Crippen molar-refractivity contribution < 1.29 is 9.47 Å². The lowest BCUT2D eigenvalue weighted by Crippen LogP contribution is -2.39. The van der Waals surface area contributed by atoms with Gasteiger partial charge in [-0.15, -0.1) is 0 Å². The number of ether oxygens (including phenoxy) is 2. The molecule has 2 N–H and O–H groups in total. The molecule has 6 heteroatoms. The average Bonchev–Trinajstić information content (AvgIpc) is 2.46. The highest BCUT2D eigenvalue weighted by molar-refractivity contribution is 5.44. The second-order valence-electron chi connectivity index (χ2n) is 5.10. The number of fused-ring (bicyclic) bond motifs is 1. The molecule has 1 aromatic heterocycles. The standard InChI is InChI=1S/C15H18N4O2/c1-10-7-14(18-15(16)17-10)19(2)8-11-9-20-12-5-3-4-6-13(12)21-11/h3-7,11H,8-9H2,1-2H3,(H2,16,17,18)/t11-/m1/s1. The summed E-state index contributed by atoms with van der Waals surface area (Å²) < 4.78 is 11.7. The molecule has 0 saturated heterocycles. The number of hydrogen-bond acceptors (Lipinski definition) is 6. The van der Waals surface area contributed by atoms with Gasteiger partial charge in [-0.1, -0.05) is 12.1 Å². The van der Waals surface area contributed by atoms with E-state index < -0.39 is 0 Å². The third-order valence-electron chi connectivity index (χ3n) is 3.29. The fourth-order valence-corrected chi connectivity index (χ4v) is 2.32. The van der Waals surface area contributed by atoms with Crippen molar-refractivity contribution in [3.8, 4) is 11.5 Å². The van der Waals surface area contributed by atoms with Gasteiger partial charge in [0.1, 0.15) is 12.4 Å². The summed E-state index contributed by atoms with van der Waals surface area (Å²) in [6.45, 7) is 3.07. The predicted molar refractivity (Wildman–Crippen MR) is 80.8 cm³/mol. The van der Waals surface area contributed by atoms with Gasteiger partial charge in [-0.2, -0.15) is 4.98 Å². The van der Waals surface area contributed by atoms with Crippen LogP contribution in [0.4, 0.5) is 11.8 Å². The fraction of sp³-hybridized carbons (Fsp3) is 0.333. The first kappa shape index (κ1) is 13.5. The molecule has 0 bridgehead atoms. The molecule has 0 fully saturated rings. The molecule has 3 rings (SSSR count). The second kappa shape index (κ2) is 5.47. The number of nitrogens with zero attached hydrogens (tertiary/aromatic N) is 3. The molecule has 0 unspecified atom stereocenters. The van der Waals surface area contributed by atoms with E-state index in [1.165, 1.54) is 0 Å². The van der Waals surface area contributed by atoms with Crippen LogP contribution in [0.5, 0.6) is 11.5 Å². The average molecular weight is 286 g/mol. The lowest BCUT2D eigenvalue weighted by Gasteiger charge is -2.30. The van der Waals surface area contributed by atoms with E-state index in [1.807, 2.05) is 49.2 Å². The Bertz CT molecular complexity index is 627. The zero-order chi connectivity index (χ0) is 14.8. The number of hydrogen-bond donors (Lipinski definition) is 1. The molecule has 1 aromatic carbocycles. The lowest BCUT2D eigenvalue weighted by molar-refractivity contribution is 0.0959. The first-order valence-electron chi connectivity index (χ1n) is 6.82. The first-order chi connectivity index (χ1) is 10.1. The van der Waals surface area contributed by atoms with Gasteiger partial charge in [-0.25, -0.2) is 4.98 Å². The van der Waals surface area contributed by atoms with Crippen molar-refractivity contribution in [1.82, 2.24) is 9.97 Å². The van der Waals surface area contributed by atoms with Crippen LogP contribution >= 0.6 is 0 Å². The first-order valence-corrected chi connectivity index (χ1v) is 6.82. The van der Waals surface area contributed by atoms with Crippen LogP contribution in [-0.4, -0.2) is 36.3 Å². The minimum atomic E-state index is -0.0543. The third kappa shape index (κ3) is 2.99. The molecule has 0 amide bonds. The summed E-state index contributed by atoms with van der Waals surface area (Å²) in [4.78, 5) is 10.3. The zero-order valence-electron chi connectivity index (χ0n) is 12.1. The summed E-state index contributed by atoms with van der Waals surface area (Å²) >= 11 is 0. The monoisotopic (exact) mass is 286 g/mol. The van der Waals surface area contributed by atoms with Crippen LogP contribution in [0.1, 0.15) is 5.69 Å². The lowest BCUT2D eigenvalue weighted by atomic mass is 10.2. The number of aromatic nitrogens is 2. The highest BCUT2D eigenvalue weighted by atomic mass is 16.6. The fourth-order valence-electron chi connectivity index (χ4n) is 2.32. The molecule has 6 nitrogen and oxygen atoms in total. The molecule has 2 aromatic rings. The number of nitrogens with two attached hydrogens (primary N) is 1. The summed E-state index contributed by atoms with van der Waals surface area (Å²) in [6.07, 6.45) is -0.0543. The number of rotatable bonds is 3. The molecule has 0 spiro atoms. The van der Waals surface area contributed by atoms with Gasteiger partial charge in [0.25, 0.3) is 0 Å². The van der Waals surface area contributed by atoms with Crippen LogP contribution in [0.15, 0.2) is 30.3 Å². The van der Waals surface area contributed by atoms with E-state index in [1.54, 1.807) is 0 Å². The maximum atomic E-state index is 5.94. The van der Waals surface area contributed by atoms with Crippen LogP contribution in [0, 0.1) is 6.92 Å². The largest absolute Gasteiger partial charge is 0.486 e. The van der Waals surface area contributed by atoms with E-state index in [-0.39, 0.29) is 12.1 Å². The Morgan fingerprint density at radius 2 is 2.05 bits per heavy atom. The second-order valence-corrected chi connectivity index (χ2v) is 5.10. The minimum absolute atomic E-state index is 0.0543. The molecule has 110 valence electrons. The third-order valence-corrected chi connectivity index (χ3v) is 3.29. The topological polar surface area (TPSA) is 73.5 Å². The van der Waals surface area contributed by atoms with Gasteiger partial charge in [0.2, 0.25) is 5.95 Å². The highest BCUT2D eigenvalue weighted by Gasteiger charge is 2.22. The minimum Gasteiger partial charge on any atom is -0.486 e. The maximum absolute atomic E-state index is 5.94. The number of benzene rings is 1. The Morgan fingerprint density at radius 1 is 1.29 bits per heavy atom. The van der Waals surface area contributed by atoms with E-state index in [0.29, 0.717) is 13.2 Å². The van der Waals surface area contributed by atoms with Crippen molar-refractivity contribution in [2.24, 2.45) is 0 Å². The Balaban J connectivity index is 1.70. The van der Waals surface area contributed by atoms with E-state index in [2.05, 4.69) is 9.97 Å². The predicted octanol–water partition coefficient (Wildman–Crippen LogP) is 1.64. The van der Waals surface area contributed by atoms with Crippen LogP contribution in [-0.2, 0) is 0 Å². The number of nitrogen functional groups attached to an aromatic ring is 1. The van der Waals surface area contributed by atoms with Crippen molar-refractivity contribution in [1.29, 1.82) is 0 Å². The van der Waals surface area contributed by atoms with Crippen LogP contribution in [0.25, 0.3) is 0 Å². The summed E-state index contributed by atoms with van der Waals surface area (Å²) in [5.41, 5.74) is 6.53. The Hall–Kier alpha value is -2.50. The zero-order valence-corrected chi connectivity index (χ0v) is 12.1. The van der Waals surface area contributed by atoms with Crippen LogP contribution < -0.4 is 20.1 Å². The smallest absolute Gasteiger partial charge is 0.222 e. The summed E-state index contributed by atoms with van der Waals surface area (Å²) in [5.74, 6) is 2.63. The van der Waals surface area contributed by atoms with E-state index in [9.17, 15) is 0 Å². The van der Waals surface area contributed by atoms with Gasteiger partial charge in [0.05, 0.1) is 6.54 Å². The molecule has 0 saturated carbocycles. The molecule has 1 aliphatic heterocycles. The van der Waals surface area contributed by atoms with Crippen LogP contribution in [0.2, 0.25) is 0 Å². The van der Waals surface area contributed by atoms with Crippen molar-refractivity contribution in [2.45, 2.75) is 13.0 Å². The van der Waals surface area contributed by atoms with Crippen molar-refractivity contribution in [3.05, 3.63) is 36.0 Å². The Morgan fingerprint density at radius 3 is 2.81 bits per heavy atom. The number of anilines is 2. The van der Waals surface area contributed by atoms with Crippen molar-refractivity contribution in [2.75, 3.05) is 30.8 Å². The molecule has 2 heterocycles. The van der Waals surface area contributed by atoms with Crippen molar-refractivity contribution in [3.63, 3.8) is 0 Å².